The molecular formula is C70H74N8O18P2S. The second kappa shape index (κ2) is 29.8. The highest BCUT2D eigenvalue weighted by Gasteiger charge is 2.58. The fourth-order valence-corrected chi connectivity index (χ4v) is 17.1. The van der Waals surface area contributed by atoms with E-state index in [1.54, 1.807) is 147 Å². The Hall–Kier alpha value is -8.34. The summed E-state index contributed by atoms with van der Waals surface area (Å²) in [6.07, 6.45) is -6.83. The summed E-state index contributed by atoms with van der Waals surface area (Å²) in [6.45, 7) is 2.97. The molecular weight excluding hydrogens is 1330 g/mol. The lowest BCUT2D eigenvalue weighted by atomic mass is 9.80. The molecule has 9 aromatic rings. The van der Waals surface area contributed by atoms with Gasteiger partial charge in [-0.2, -0.15) is 4.98 Å². The molecule has 3 aliphatic rings. The summed E-state index contributed by atoms with van der Waals surface area (Å²) in [7, 11) is -0.391. The third-order valence-electron chi connectivity index (χ3n) is 15.9. The lowest BCUT2D eigenvalue weighted by Crippen LogP contribution is -2.41. The fraction of sp³-hybridized carbons (Fsp3) is 0.329. The van der Waals surface area contributed by atoms with E-state index in [-0.39, 0.29) is 22.8 Å². The summed E-state index contributed by atoms with van der Waals surface area (Å²) in [4.78, 5) is 59.3. The highest BCUT2D eigenvalue weighted by Crippen LogP contribution is 2.67. The maximum Gasteiger partial charge on any atom is 0.476 e. The second-order valence-electron chi connectivity index (χ2n) is 25.0. The van der Waals surface area contributed by atoms with Gasteiger partial charge in [0.1, 0.15) is 65.9 Å². The third kappa shape index (κ3) is 16.1. The molecule has 2 unspecified atom stereocenters. The van der Waals surface area contributed by atoms with E-state index < -0.39 is 118 Å². The number of fused-ring (bicyclic) bond motifs is 2. The number of nitrogens with one attached hydrogen (secondary N) is 2. The van der Waals surface area contributed by atoms with Gasteiger partial charge in [0.2, 0.25) is 0 Å². The summed E-state index contributed by atoms with van der Waals surface area (Å²) in [6, 6.07) is 51.3. The van der Waals surface area contributed by atoms with Gasteiger partial charge in [-0.25, -0.2) is 28.9 Å². The van der Waals surface area contributed by atoms with Gasteiger partial charge in [-0.3, -0.25) is 41.3 Å². The number of carbonyl (C=O) groups is 2. The number of hydrogen-bond acceptors (Lipinski definition) is 23. The Morgan fingerprint density at radius 2 is 1.12 bits per heavy atom. The Morgan fingerprint density at radius 1 is 0.576 bits per heavy atom. The van der Waals surface area contributed by atoms with Crippen molar-refractivity contribution in [2.24, 2.45) is 0 Å². The lowest BCUT2D eigenvalue weighted by molar-refractivity contribution is -0.256. The van der Waals surface area contributed by atoms with Crippen molar-refractivity contribution in [2.75, 3.05) is 45.2 Å². The molecule has 0 aliphatic carbocycles. The van der Waals surface area contributed by atoms with E-state index in [9.17, 15) is 14.4 Å². The molecule has 0 radical (unpaired) electrons. The normalized spacial score (nSPS) is 21.6. The van der Waals surface area contributed by atoms with Gasteiger partial charge >= 0.3 is 20.3 Å². The van der Waals surface area contributed by atoms with E-state index in [4.69, 9.17) is 65.5 Å². The molecule has 3 aliphatic heterocycles. The zero-order chi connectivity index (χ0) is 69.7. The van der Waals surface area contributed by atoms with E-state index in [0.717, 1.165) is 11.4 Å². The number of ether oxygens (including phenoxy) is 8. The van der Waals surface area contributed by atoms with Crippen molar-refractivity contribution >= 4 is 60.6 Å². The summed E-state index contributed by atoms with van der Waals surface area (Å²) in [5.41, 5.74) is -1.87. The number of methoxy groups -OCH3 is 3. The molecule has 10 atom stereocenters. The van der Waals surface area contributed by atoms with Gasteiger partial charge in [-0.05, 0) is 136 Å². The van der Waals surface area contributed by atoms with Crippen LogP contribution in [0.1, 0.15) is 91.4 Å². The van der Waals surface area contributed by atoms with Gasteiger partial charge in [0, 0.05) is 29.3 Å². The third-order valence-corrected chi connectivity index (χ3v) is 21.4. The van der Waals surface area contributed by atoms with Gasteiger partial charge in [-0.1, -0.05) is 109 Å². The van der Waals surface area contributed by atoms with Gasteiger partial charge in [0.25, 0.3) is 18.3 Å². The molecule has 6 aromatic carbocycles. The summed E-state index contributed by atoms with van der Waals surface area (Å²) >= 11 is 0.738. The predicted octanol–water partition coefficient (Wildman–Crippen LogP) is 12.5. The number of phosphoric ester groups is 1. The van der Waals surface area contributed by atoms with Crippen molar-refractivity contribution in [1.29, 1.82) is 0 Å². The van der Waals surface area contributed by atoms with E-state index in [1.165, 1.54) is 41.2 Å². The van der Waals surface area contributed by atoms with E-state index in [0.29, 0.717) is 44.2 Å². The Bertz CT molecular complexity index is 4350. The highest BCUT2D eigenvalue weighted by atomic mass is 32.7. The number of rotatable bonds is 26. The minimum absolute atomic E-state index is 0.0249. The predicted molar refractivity (Wildman–Crippen MR) is 364 cm³/mol. The van der Waals surface area contributed by atoms with E-state index >= 15 is 9.13 Å². The van der Waals surface area contributed by atoms with Gasteiger partial charge in [0.05, 0.1) is 45.0 Å². The molecule has 3 fully saturated rings. The summed E-state index contributed by atoms with van der Waals surface area (Å²) in [5, 5.41) is 5.51. The standard InChI is InChI=1S/C70H74N8O18P2S/c1-68(2,3)95-97(82,96-69(4,5)6)93-59-57(94-98(83,99-51-28-20-13-21-29-51)88-41-53-56-58(92-67(86-9)91-56)64(90-53)77-39-38-54(75-66(77)81)74-62(79)44-22-14-10-15-23-44)52(89-65(59)78-43-73-55-60(71-42-72-61(55)78)76-63(80)45-24-16-11-17-25-45)40-87-70(46-26-18-12-19-27-46,47-30-34-49(84-7)35-31-47)48-32-36-50(85-8)37-33-48/h10-39,42-43,52-53,56-59,64-65,67H,40-41H2,1-9H3,(H,71,72,76,80)(H,74,75,79,81)/t52-,53-,56-,57-,58-,59-,64-,65-,67?,98?/m1/s1. The largest absolute Gasteiger partial charge is 0.497 e. The van der Waals surface area contributed by atoms with Crippen LogP contribution in [0.2, 0.25) is 0 Å². The van der Waals surface area contributed by atoms with Crippen LogP contribution in [0.25, 0.3) is 11.2 Å². The molecule has 29 heteroatoms. The Morgan fingerprint density at radius 3 is 1.69 bits per heavy atom. The average molecular weight is 1410 g/mol. The van der Waals surface area contributed by atoms with Crippen LogP contribution in [0.4, 0.5) is 11.6 Å². The van der Waals surface area contributed by atoms with Crippen molar-refractivity contribution < 1.29 is 79.2 Å². The SMILES string of the molecule is COc1ccc(C(OC[C@H]2O[C@@H](n3cnc4c(NC(=O)c5ccccc5)ncnc43)[C@H](OP(=O)(OC(C)(C)C)OC(C)(C)C)[C@@H]2OP(=O)(OC[C@H]2O[C@@H](n3ccc(NC(=O)c4ccccc4)nc3=O)[C@@H]3OC(OC)O[C@@H]32)Sc2ccccc2)(c2ccccc2)c2ccc(OC)cc2)cc1. The highest BCUT2D eigenvalue weighted by molar-refractivity contribution is 8.55. The van der Waals surface area contributed by atoms with Gasteiger partial charge in [0.15, 0.2) is 29.4 Å². The molecule has 0 bridgehead atoms. The first-order chi connectivity index (χ1) is 47.5. The molecule has 3 saturated heterocycles. The molecule has 6 heterocycles. The van der Waals surface area contributed by atoms with Crippen molar-refractivity contribution in [3.8, 4) is 11.5 Å². The van der Waals surface area contributed by atoms with E-state index in [1.807, 2.05) is 78.9 Å². The molecule has 518 valence electrons. The van der Waals surface area contributed by atoms with Crippen LogP contribution in [0.3, 0.4) is 0 Å². The van der Waals surface area contributed by atoms with Crippen molar-refractivity contribution in [3.63, 3.8) is 0 Å². The van der Waals surface area contributed by atoms with Crippen LogP contribution >= 0.6 is 26.0 Å². The second-order valence-corrected chi connectivity index (χ2v) is 30.4. The fourth-order valence-electron chi connectivity index (χ4n) is 11.6. The molecule has 12 rings (SSSR count). The molecule has 2 N–H and O–H groups in total. The zero-order valence-electron chi connectivity index (χ0n) is 55.4. The molecule has 0 spiro atoms. The zero-order valence-corrected chi connectivity index (χ0v) is 58.0. The molecule has 26 nitrogen and oxygen atoms in total. The molecule has 0 saturated carbocycles. The van der Waals surface area contributed by atoms with Crippen LogP contribution in [-0.2, 0) is 65.8 Å². The topological polar surface area (TPSA) is 291 Å². The summed E-state index contributed by atoms with van der Waals surface area (Å²) in [5.74, 6) is 0.183. The number of nitrogens with zero attached hydrogens (tertiary/aromatic N) is 6. The van der Waals surface area contributed by atoms with Crippen LogP contribution in [0.15, 0.2) is 204 Å². The minimum Gasteiger partial charge on any atom is -0.497 e. The van der Waals surface area contributed by atoms with Crippen LogP contribution < -0.4 is 25.8 Å². The molecule has 99 heavy (non-hydrogen) atoms. The minimum atomic E-state index is -4.90. The Kier molecular flexibility index (Phi) is 21.3. The molecule has 2 amide bonds. The number of imidazole rings is 1. The average Bonchev–Trinajstić information content (AvgIpc) is 1.75. The van der Waals surface area contributed by atoms with Crippen LogP contribution in [0.5, 0.6) is 11.5 Å². The first-order valence-corrected chi connectivity index (χ1v) is 36.0. The van der Waals surface area contributed by atoms with Gasteiger partial charge < -0.3 is 48.5 Å². The summed E-state index contributed by atoms with van der Waals surface area (Å²) < 4.78 is 120. The molecule has 3 aromatic heterocycles. The monoisotopic (exact) mass is 1410 g/mol. The van der Waals surface area contributed by atoms with Crippen molar-refractivity contribution in [2.45, 2.75) is 119 Å². The first-order valence-electron chi connectivity index (χ1n) is 31.5. The number of phosphoric acid groups is 1. The Balaban J connectivity index is 0.983. The van der Waals surface area contributed by atoms with Crippen LogP contribution in [0, 0.1) is 0 Å². The number of anilines is 2. The van der Waals surface area contributed by atoms with E-state index in [2.05, 4.69) is 25.6 Å². The quantitative estimate of drug-likeness (QED) is 0.0376. The Labute approximate surface area is 574 Å². The first kappa shape index (κ1) is 70.5. The smallest absolute Gasteiger partial charge is 0.476 e. The number of benzene rings is 6. The number of carbonyl (C=O) groups excluding carboxylic acids is 2. The van der Waals surface area contributed by atoms with Gasteiger partial charge in [-0.15, -0.1) is 0 Å². The van der Waals surface area contributed by atoms with Crippen molar-refractivity contribution in [1.82, 2.24) is 29.1 Å². The number of hydrogen-bond donors (Lipinski definition) is 2. The number of amides is 2. The maximum absolute atomic E-state index is 16.8. The lowest BCUT2D eigenvalue weighted by Gasteiger charge is -2.37. The van der Waals surface area contributed by atoms with Crippen LogP contribution in [-0.4, -0.2) is 130 Å². The van der Waals surface area contributed by atoms with Crippen molar-refractivity contribution in [3.05, 3.63) is 233 Å². The maximum atomic E-state index is 16.8. The number of aromatic nitrogens is 6.